The largest absolute Gasteiger partial charge is 0.464 e. The first-order chi connectivity index (χ1) is 9.62. The SMILES string of the molecule is CCOc1nc(NN)nc(N(C)CC2CCN(C)C2)n1. The minimum absolute atomic E-state index is 0.292. The van der Waals surface area contributed by atoms with Crippen LogP contribution in [-0.2, 0) is 0 Å². The lowest BCUT2D eigenvalue weighted by Crippen LogP contribution is -2.29. The van der Waals surface area contributed by atoms with Crippen LogP contribution >= 0.6 is 0 Å². The predicted molar refractivity (Wildman–Crippen MR) is 77.7 cm³/mol. The van der Waals surface area contributed by atoms with Crippen molar-refractivity contribution in [1.82, 2.24) is 19.9 Å². The summed E-state index contributed by atoms with van der Waals surface area (Å²) in [5.74, 6) is 6.90. The molecule has 8 nitrogen and oxygen atoms in total. The number of nitrogens with one attached hydrogen (secondary N) is 1. The Balaban J connectivity index is 2.07. The molecule has 0 bridgehead atoms. The summed E-state index contributed by atoms with van der Waals surface area (Å²) in [7, 11) is 4.12. The highest BCUT2D eigenvalue weighted by molar-refractivity contribution is 5.37. The third-order valence-electron chi connectivity index (χ3n) is 3.37. The van der Waals surface area contributed by atoms with Crippen molar-refractivity contribution in [2.45, 2.75) is 13.3 Å². The molecule has 1 fully saturated rings. The second-order valence-electron chi connectivity index (χ2n) is 5.12. The van der Waals surface area contributed by atoms with Crippen LogP contribution in [0.3, 0.4) is 0 Å². The highest BCUT2D eigenvalue weighted by atomic mass is 16.5. The van der Waals surface area contributed by atoms with E-state index in [9.17, 15) is 0 Å². The van der Waals surface area contributed by atoms with E-state index in [0.29, 0.717) is 30.4 Å². The number of ether oxygens (including phenoxy) is 1. The summed E-state index contributed by atoms with van der Waals surface area (Å²) >= 11 is 0. The average Bonchev–Trinajstić information content (AvgIpc) is 2.84. The Morgan fingerprint density at radius 2 is 2.25 bits per heavy atom. The van der Waals surface area contributed by atoms with Gasteiger partial charge in [-0.05, 0) is 32.9 Å². The lowest BCUT2D eigenvalue weighted by molar-refractivity contribution is 0.312. The molecule has 1 aromatic rings. The number of hydrogen-bond donors (Lipinski definition) is 2. The molecule has 0 amide bonds. The van der Waals surface area contributed by atoms with Crippen LogP contribution in [0.1, 0.15) is 13.3 Å². The molecule has 1 unspecified atom stereocenters. The Labute approximate surface area is 119 Å². The van der Waals surface area contributed by atoms with Gasteiger partial charge in [0.2, 0.25) is 11.9 Å². The van der Waals surface area contributed by atoms with E-state index in [4.69, 9.17) is 10.6 Å². The standard InChI is InChI=1S/C12H23N7O/c1-4-20-12-15-10(17-13)14-11(16-12)19(3)8-9-5-6-18(2)7-9/h9H,4-8,13H2,1-3H3,(H,14,15,16,17). The molecule has 0 aromatic carbocycles. The van der Waals surface area contributed by atoms with Crippen LogP contribution in [0.15, 0.2) is 0 Å². The fourth-order valence-corrected chi connectivity index (χ4v) is 2.42. The topological polar surface area (TPSA) is 92.4 Å². The zero-order chi connectivity index (χ0) is 14.5. The van der Waals surface area contributed by atoms with E-state index >= 15 is 0 Å². The number of anilines is 2. The molecular formula is C12H23N7O. The first-order valence-electron chi connectivity index (χ1n) is 6.87. The Morgan fingerprint density at radius 1 is 1.45 bits per heavy atom. The third kappa shape index (κ3) is 3.67. The second-order valence-corrected chi connectivity index (χ2v) is 5.12. The molecule has 1 saturated heterocycles. The number of nitrogen functional groups attached to an aromatic ring is 1. The van der Waals surface area contributed by atoms with Crippen LogP contribution in [0.4, 0.5) is 11.9 Å². The summed E-state index contributed by atoms with van der Waals surface area (Å²) in [5.41, 5.74) is 2.44. The Morgan fingerprint density at radius 3 is 2.85 bits per heavy atom. The van der Waals surface area contributed by atoms with Gasteiger partial charge in [-0.25, -0.2) is 5.84 Å². The molecule has 2 rings (SSSR count). The average molecular weight is 281 g/mol. The van der Waals surface area contributed by atoms with Crippen molar-refractivity contribution in [2.75, 3.05) is 50.7 Å². The van der Waals surface area contributed by atoms with Crippen molar-refractivity contribution in [1.29, 1.82) is 0 Å². The van der Waals surface area contributed by atoms with Gasteiger partial charge < -0.3 is 14.5 Å². The third-order valence-corrected chi connectivity index (χ3v) is 3.37. The van der Waals surface area contributed by atoms with Gasteiger partial charge in [0.15, 0.2) is 0 Å². The maximum Gasteiger partial charge on any atom is 0.323 e. The van der Waals surface area contributed by atoms with Crippen LogP contribution in [0, 0.1) is 5.92 Å². The summed E-state index contributed by atoms with van der Waals surface area (Å²) in [4.78, 5) is 17.0. The summed E-state index contributed by atoms with van der Waals surface area (Å²) in [6, 6.07) is 0.292. The smallest absolute Gasteiger partial charge is 0.323 e. The van der Waals surface area contributed by atoms with Gasteiger partial charge >= 0.3 is 6.01 Å². The molecule has 1 aliphatic rings. The van der Waals surface area contributed by atoms with Gasteiger partial charge in [0.1, 0.15) is 0 Å². The number of nitrogens with zero attached hydrogens (tertiary/aromatic N) is 5. The minimum Gasteiger partial charge on any atom is -0.464 e. The van der Waals surface area contributed by atoms with E-state index in [-0.39, 0.29) is 0 Å². The fraction of sp³-hybridized carbons (Fsp3) is 0.750. The fourth-order valence-electron chi connectivity index (χ4n) is 2.42. The van der Waals surface area contributed by atoms with E-state index in [1.807, 2.05) is 18.9 Å². The van der Waals surface area contributed by atoms with E-state index in [1.54, 1.807) is 0 Å². The van der Waals surface area contributed by atoms with Crippen molar-refractivity contribution in [3.05, 3.63) is 0 Å². The van der Waals surface area contributed by atoms with E-state index < -0.39 is 0 Å². The molecule has 1 aromatic heterocycles. The number of aromatic nitrogens is 3. The predicted octanol–water partition coefficient (Wildman–Crippen LogP) is -0.0562. The Hall–Kier alpha value is -1.67. The first kappa shape index (κ1) is 14.7. The van der Waals surface area contributed by atoms with Crippen molar-refractivity contribution < 1.29 is 4.74 Å². The van der Waals surface area contributed by atoms with Crippen molar-refractivity contribution in [3.8, 4) is 6.01 Å². The van der Waals surface area contributed by atoms with Crippen LogP contribution in [0.25, 0.3) is 0 Å². The lowest BCUT2D eigenvalue weighted by Gasteiger charge is -2.21. The molecule has 1 atom stereocenters. The minimum atomic E-state index is 0.292. The zero-order valence-electron chi connectivity index (χ0n) is 12.3. The van der Waals surface area contributed by atoms with Gasteiger partial charge in [0, 0.05) is 20.1 Å². The van der Waals surface area contributed by atoms with Crippen molar-refractivity contribution in [2.24, 2.45) is 11.8 Å². The summed E-state index contributed by atoms with van der Waals surface area (Å²) in [6.45, 7) is 5.55. The van der Waals surface area contributed by atoms with Gasteiger partial charge in [-0.2, -0.15) is 15.0 Å². The van der Waals surface area contributed by atoms with E-state index in [0.717, 1.165) is 19.6 Å². The molecule has 20 heavy (non-hydrogen) atoms. The lowest BCUT2D eigenvalue weighted by atomic mass is 10.1. The maximum absolute atomic E-state index is 5.38. The Kier molecular flexibility index (Phi) is 4.91. The van der Waals surface area contributed by atoms with Gasteiger partial charge in [0.25, 0.3) is 0 Å². The number of likely N-dealkylation sites (tertiary alicyclic amines) is 1. The number of nitrogens with two attached hydrogens (primary N) is 1. The highest BCUT2D eigenvalue weighted by Crippen LogP contribution is 2.19. The molecule has 2 heterocycles. The molecule has 1 aliphatic heterocycles. The molecule has 0 radical (unpaired) electrons. The van der Waals surface area contributed by atoms with Crippen molar-refractivity contribution >= 4 is 11.9 Å². The summed E-state index contributed by atoms with van der Waals surface area (Å²) in [6.07, 6.45) is 1.20. The van der Waals surface area contributed by atoms with Gasteiger partial charge in [-0.1, -0.05) is 0 Å². The van der Waals surface area contributed by atoms with Gasteiger partial charge in [0.05, 0.1) is 6.61 Å². The normalized spacial score (nSPS) is 19.1. The number of hydrazine groups is 1. The first-order valence-corrected chi connectivity index (χ1v) is 6.87. The van der Waals surface area contributed by atoms with Gasteiger partial charge in [-0.3, -0.25) is 5.43 Å². The summed E-state index contributed by atoms with van der Waals surface area (Å²) in [5, 5.41) is 0. The van der Waals surface area contributed by atoms with Crippen LogP contribution in [0.2, 0.25) is 0 Å². The molecular weight excluding hydrogens is 258 g/mol. The van der Waals surface area contributed by atoms with Gasteiger partial charge in [-0.15, -0.1) is 0 Å². The van der Waals surface area contributed by atoms with Crippen molar-refractivity contribution in [3.63, 3.8) is 0 Å². The van der Waals surface area contributed by atoms with Crippen LogP contribution in [-0.4, -0.2) is 60.2 Å². The number of hydrogen-bond acceptors (Lipinski definition) is 8. The molecule has 3 N–H and O–H groups in total. The molecule has 8 heteroatoms. The number of rotatable bonds is 6. The van der Waals surface area contributed by atoms with Crippen LogP contribution < -0.4 is 20.9 Å². The molecule has 0 aliphatic carbocycles. The van der Waals surface area contributed by atoms with E-state index in [1.165, 1.54) is 6.42 Å². The zero-order valence-corrected chi connectivity index (χ0v) is 12.3. The maximum atomic E-state index is 5.38. The monoisotopic (exact) mass is 281 g/mol. The highest BCUT2D eigenvalue weighted by Gasteiger charge is 2.22. The summed E-state index contributed by atoms with van der Waals surface area (Å²) < 4.78 is 5.33. The van der Waals surface area contributed by atoms with E-state index in [2.05, 4.69) is 32.3 Å². The molecule has 112 valence electrons. The quantitative estimate of drug-likeness (QED) is 0.553. The Bertz CT molecular complexity index is 442. The second kappa shape index (κ2) is 6.67. The molecule has 0 saturated carbocycles. The van der Waals surface area contributed by atoms with Crippen LogP contribution in [0.5, 0.6) is 6.01 Å². The molecule has 0 spiro atoms.